The van der Waals surface area contributed by atoms with Crippen LogP contribution in [0.4, 0.5) is 5.95 Å². The molecule has 0 radical (unpaired) electrons. The number of nitrogens with zero attached hydrogens (tertiary/aromatic N) is 2. The van der Waals surface area contributed by atoms with Crippen LogP contribution in [0.3, 0.4) is 0 Å². The lowest BCUT2D eigenvalue weighted by molar-refractivity contribution is 1.16. The number of pyridine rings is 1. The zero-order valence-corrected chi connectivity index (χ0v) is 8.74. The van der Waals surface area contributed by atoms with Crippen LogP contribution in [0.2, 0.25) is 0 Å². The van der Waals surface area contributed by atoms with Gasteiger partial charge in [0, 0.05) is 9.77 Å². The molecule has 2 N–H and O–H groups in total. The van der Waals surface area contributed by atoms with E-state index in [0.29, 0.717) is 5.95 Å². The van der Waals surface area contributed by atoms with Crippen molar-refractivity contribution in [2.45, 2.75) is 6.92 Å². The third-order valence-electron chi connectivity index (χ3n) is 1.82. The van der Waals surface area contributed by atoms with Gasteiger partial charge in [0.25, 0.3) is 0 Å². The summed E-state index contributed by atoms with van der Waals surface area (Å²) in [4.78, 5) is 4.17. The second-order valence-corrected chi connectivity index (χ2v) is 3.90. The second-order valence-electron chi connectivity index (χ2n) is 2.66. The maximum atomic E-state index is 5.68. The Kier molecular flexibility index (Phi) is 1.71. The normalized spacial score (nSPS) is 10.8. The zero-order valence-electron chi connectivity index (χ0n) is 6.58. The van der Waals surface area contributed by atoms with E-state index in [1.54, 1.807) is 0 Å². The maximum Gasteiger partial charge on any atom is 0.205 e. The van der Waals surface area contributed by atoms with Crippen LogP contribution < -0.4 is 5.73 Å². The monoisotopic (exact) mass is 273 g/mol. The molecule has 12 heavy (non-hydrogen) atoms. The highest BCUT2D eigenvalue weighted by Gasteiger charge is 2.03. The van der Waals surface area contributed by atoms with E-state index in [0.717, 1.165) is 11.2 Å². The Morgan fingerprint density at radius 1 is 1.58 bits per heavy atom. The summed E-state index contributed by atoms with van der Waals surface area (Å²) in [6, 6.07) is 4.07. The number of hydrogen-bond acceptors (Lipinski definition) is 2. The number of rotatable bonds is 0. The molecule has 3 nitrogen and oxygen atoms in total. The fourth-order valence-electron chi connectivity index (χ4n) is 1.24. The van der Waals surface area contributed by atoms with Crippen molar-refractivity contribution in [3.8, 4) is 0 Å². The van der Waals surface area contributed by atoms with Gasteiger partial charge in [-0.25, -0.2) is 4.98 Å². The quantitative estimate of drug-likeness (QED) is 0.744. The molecule has 0 unspecified atom stereocenters. The van der Waals surface area contributed by atoms with Gasteiger partial charge < -0.3 is 5.73 Å². The summed E-state index contributed by atoms with van der Waals surface area (Å²) in [6.45, 7) is 1.96. The van der Waals surface area contributed by atoms with E-state index in [-0.39, 0.29) is 0 Å². The number of halogens is 1. The molecule has 0 spiro atoms. The summed E-state index contributed by atoms with van der Waals surface area (Å²) in [5, 5.41) is 0. The second kappa shape index (κ2) is 2.62. The first-order valence-corrected chi connectivity index (χ1v) is 4.66. The molecule has 4 heteroatoms. The summed E-state index contributed by atoms with van der Waals surface area (Å²) < 4.78 is 3.08. The van der Waals surface area contributed by atoms with E-state index in [2.05, 4.69) is 33.6 Å². The fourth-order valence-corrected chi connectivity index (χ4v) is 1.69. The van der Waals surface area contributed by atoms with Crippen LogP contribution >= 0.6 is 22.6 Å². The molecule has 0 saturated heterocycles. The average molecular weight is 273 g/mol. The molecule has 2 rings (SSSR count). The number of imidazole rings is 1. The van der Waals surface area contributed by atoms with Crippen LogP contribution in [0.15, 0.2) is 18.3 Å². The Morgan fingerprint density at radius 2 is 2.33 bits per heavy atom. The molecule has 0 bridgehead atoms. The summed E-state index contributed by atoms with van der Waals surface area (Å²) in [5.41, 5.74) is 7.74. The van der Waals surface area contributed by atoms with Gasteiger partial charge in [0.1, 0.15) is 0 Å². The molecule has 0 amide bonds. The Balaban J connectivity index is 2.90. The Bertz CT molecular complexity index is 433. The average Bonchev–Trinajstić information content (AvgIpc) is 2.28. The van der Waals surface area contributed by atoms with E-state index in [1.807, 2.05) is 23.6 Å². The Hall–Kier alpha value is -0.780. The lowest BCUT2D eigenvalue weighted by atomic mass is 10.3. The molecule has 0 saturated carbocycles. The molecular formula is C8H8IN3. The molecule has 2 heterocycles. The number of aromatic nitrogens is 2. The topological polar surface area (TPSA) is 43.3 Å². The number of hydrogen-bond donors (Lipinski definition) is 1. The molecule has 0 atom stereocenters. The van der Waals surface area contributed by atoms with E-state index in [1.165, 1.54) is 3.57 Å². The predicted molar refractivity (Wildman–Crippen MR) is 57.1 cm³/mol. The van der Waals surface area contributed by atoms with Crippen molar-refractivity contribution in [2.75, 3.05) is 5.73 Å². The number of nitrogen functional groups attached to an aromatic ring is 1. The maximum absolute atomic E-state index is 5.68. The molecule has 2 aromatic rings. The molecule has 62 valence electrons. The first kappa shape index (κ1) is 7.85. The zero-order chi connectivity index (χ0) is 8.72. The minimum atomic E-state index is 0.555. The van der Waals surface area contributed by atoms with Gasteiger partial charge in [-0.3, -0.25) is 4.40 Å². The summed E-state index contributed by atoms with van der Waals surface area (Å²) in [7, 11) is 0. The van der Waals surface area contributed by atoms with Gasteiger partial charge in [-0.1, -0.05) is 0 Å². The van der Waals surface area contributed by atoms with E-state index >= 15 is 0 Å². The van der Waals surface area contributed by atoms with Crippen LogP contribution in [0.5, 0.6) is 0 Å². The highest BCUT2D eigenvalue weighted by Crippen LogP contribution is 2.16. The van der Waals surface area contributed by atoms with E-state index in [4.69, 9.17) is 5.73 Å². The summed E-state index contributed by atoms with van der Waals surface area (Å²) >= 11 is 2.27. The smallest absolute Gasteiger partial charge is 0.205 e. The highest BCUT2D eigenvalue weighted by molar-refractivity contribution is 14.1. The lowest BCUT2D eigenvalue weighted by Crippen LogP contribution is -1.93. The number of anilines is 1. The van der Waals surface area contributed by atoms with Crippen molar-refractivity contribution in [3.05, 3.63) is 27.6 Å². The third kappa shape index (κ3) is 1.06. The molecular weight excluding hydrogens is 265 g/mol. The van der Waals surface area contributed by atoms with Gasteiger partial charge in [0.15, 0.2) is 0 Å². The van der Waals surface area contributed by atoms with Crippen molar-refractivity contribution in [1.29, 1.82) is 0 Å². The van der Waals surface area contributed by atoms with Gasteiger partial charge >= 0.3 is 0 Å². The van der Waals surface area contributed by atoms with Crippen molar-refractivity contribution in [1.82, 2.24) is 9.38 Å². The molecule has 0 aromatic carbocycles. The number of nitrogens with two attached hydrogens (primary N) is 1. The van der Waals surface area contributed by atoms with E-state index in [9.17, 15) is 0 Å². The largest absolute Gasteiger partial charge is 0.369 e. The first-order chi connectivity index (χ1) is 5.68. The van der Waals surface area contributed by atoms with Gasteiger partial charge in [-0.2, -0.15) is 0 Å². The van der Waals surface area contributed by atoms with Crippen LogP contribution in [-0.4, -0.2) is 9.38 Å². The summed E-state index contributed by atoms with van der Waals surface area (Å²) in [5.74, 6) is 0.555. The number of fused-ring (bicyclic) bond motifs is 1. The van der Waals surface area contributed by atoms with Crippen LogP contribution in [-0.2, 0) is 0 Å². The van der Waals surface area contributed by atoms with Crippen molar-refractivity contribution in [2.24, 2.45) is 0 Å². The van der Waals surface area contributed by atoms with Crippen LogP contribution in [0, 0.1) is 10.5 Å². The third-order valence-corrected chi connectivity index (χ3v) is 2.49. The SMILES string of the molecule is Cc1nc(N)n2ccc(I)cc12. The Morgan fingerprint density at radius 3 is 3.08 bits per heavy atom. The van der Waals surface area contributed by atoms with E-state index < -0.39 is 0 Å². The van der Waals surface area contributed by atoms with Gasteiger partial charge in [0.05, 0.1) is 11.2 Å². The van der Waals surface area contributed by atoms with Crippen molar-refractivity contribution >= 4 is 34.1 Å². The van der Waals surface area contributed by atoms with Gasteiger partial charge in [-0.15, -0.1) is 0 Å². The minimum Gasteiger partial charge on any atom is -0.369 e. The minimum absolute atomic E-state index is 0.555. The molecule has 2 aromatic heterocycles. The van der Waals surface area contributed by atoms with Gasteiger partial charge in [-0.05, 0) is 41.6 Å². The fraction of sp³-hybridized carbons (Fsp3) is 0.125. The van der Waals surface area contributed by atoms with Crippen molar-refractivity contribution in [3.63, 3.8) is 0 Å². The van der Waals surface area contributed by atoms with Crippen molar-refractivity contribution < 1.29 is 0 Å². The molecule has 0 aliphatic heterocycles. The highest BCUT2D eigenvalue weighted by atomic mass is 127. The number of aryl methyl sites for hydroxylation is 1. The van der Waals surface area contributed by atoms with Gasteiger partial charge in [0.2, 0.25) is 5.95 Å². The standard InChI is InChI=1S/C8H8IN3/c1-5-7-4-6(9)2-3-12(7)8(10)11-5/h2-4H,1H3,(H2,10,11). The van der Waals surface area contributed by atoms with Crippen LogP contribution in [0.1, 0.15) is 5.69 Å². The molecule has 0 aliphatic carbocycles. The lowest BCUT2D eigenvalue weighted by Gasteiger charge is -1.95. The molecule has 0 fully saturated rings. The first-order valence-electron chi connectivity index (χ1n) is 3.58. The molecule has 0 aliphatic rings. The van der Waals surface area contributed by atoms with Crippen LogP contribution in [0.25, 0.3) is 5.52 Å². The Labute approximate surface area is 83.7 Å². The predicted octanol–water partition coefficient (Wildman–Crippen LogP) is 1.83. The summed E-state index contributed by atoms with van der Waals surface area (Å²) in [6.07, 6.45) is 1.94.